The van der Waals surface area contributed by atoms with E-state index in [4.69, 9.17) is 23.2 Å². The van der Waals surface area contributed by atoms with Gasteiger partial charge in [0.15, 0.2) is 0 Å². The van der Waals surface area contributed by atoms with Crippen molar-refractivity contribution in [2.24, 2.45) is 0 Å². The number of hydrogen-bond acceptors (Lipinski definition) is 1. The molecule has 0 radical (unpaired) electrons. The summed E-state index contributed by atoms with van der Waals surface area (Å²) in [4.78, 5) is 0. The molecule has 5 heteroatoms. The minimum atomic E-state index is -0.661. The summed E-state index contributed by atoms with van der Waals surface area (Å²) in [7, 11) is 0. The first-order valence-electron chi connectivity index (χ1n) is 6.16. The van der Waals surface area contributed by atoms with E-state index in [0.29, 0.717) is 22.2 Å². The van der Waals surface area contributed by atoms with Crippen molar-refractivity contribution in [2.45, 2.75) is 13.0 Å². The van der Waals surface area contributed by atoms with E-state index >= 15 is 0 Å². The summed E-state index contributed by atoms with van der Waals surface area (Å²) < 4.78 is 27.9. The fourth-order valence-electron chi connectivity index (χ4n) is 2.09. The average Bonchev–Trinajstić information content (AvgIpc) is 2.38. The van der Waals surface area contributed by atoms with Crippen molar-refractivity contribution in [3.05, 3.63) is 69.2 Å². The Bertz CT molecular complexity index is 597. The van der Waals surface area contributed by atoms with Crippen LogP contribution >= 0.6 is 23.2 Å². The van der Waals surface area contributed by atoms with Crippen molar-refractivity contribution in [1.82, 2.24) is 5.32 Å². The lowest BCUT2D eigenvalue weighted by Crippen LogP contribution is -2.24. The van der Waals surface area contributed by atoms with Gasteiger partial charge in [-0.15, -0.1) is 0 Å². The SMILES string of the molecule is CCNC(c1ccc(Cl)cc1Cl)c1c(F)cccc1F. The maximum Gasteiger partial charge on any atom is 0.131 e. The molecule has 0 saturated carbocycles. The highest BCUT2D eigenvalue weighted by molar-refractivity contribution is 6.35. The Labute approximate surface area is 126 Å². The molecule has 20 heavy (non-hydrogen) atoms. The summed E-state index contributed by atoms with van der Waals surface area (Å²) >= 11 is 12.0. The maximum absolute atomic E-state index is 14.0. The van der Waals surface area contributed by atoms with Gasteiger partial charge >= 0.3 is 0 Å². The Morgan fingerprint density at radius 2 is 1.75 bits per heavy atom. The number of nitrogens with one attached hydrogen (secondary N) is 1. The molecule has 0 aliphatic heterocycles. The summed E-state index contributed by atoms with van der Waals surface area (Å²) in [6.07, 6.45) is 0. The molecule has 0 bridgehead atoms. The van der Waals surface area contributed by atoms with Crippen molar-refractivity contribution in [1.29, 1.82) is 0 Å². The van der Waals surface area contributed by atoms with Crippen LogP contribution in [0.2, 0.25) is 10.0 Å². The lowest BCUT2D eigenvalue weighted by Gasteiger charge is -2.21. The van der Waals surface area contributed by atoms with E-state index in [1.54, 1.807) is 18.2 Å². The van der Waals surface area contributed by atoms with Crippen LogP contribution in [0.4, 0.5) is 8.78 Å². The molecule has 106 valence electrons. The first-order valence-corrected chi connectivity index (χ1v) is 6.92. The van der Waals surface area contributed by atoms with Crippen LogP contribution in [-0.2, 0) is 0 Å². The van der Waals surface area contributed by atoms with Crippen LogP contribution in [0.1, 0.15) is 24.1 Å². The predicted molar refractivity (Wildman–Crippen MR) is 78.3 cm³/mol. The second kappa shape index (κ2) is 6.53. The van der Waals surface area contributed by atoms with E-state index in [9.17, 15) is 8.78 Å². The average molecular weight is 316 g/mol. The van der Waals surface area contributed by atoms with Gasteiger partial charge in [-0.3, -0.25) is 0 Å². The Balaban J connectivity index is 2.56. The molecular formula is C15H13Cl2F2N. The molecule has 1 atom stereocenters. The number of halogens is 4. The summed E-state index contributed by atoms with van der Waals surface area (Å²) in [5.74, 6) is -1.22. The highest BCUT2D eigenvalue weighted by Crippen LogP contribution is 2.32. The van der Waals surface area contributed by atoms with Crippen molar-refractivity contribution in [2.75, 3.05) is 6.54 Å². The molecule has 1 nitrogen and oxygen atoms in total. The molecule has 0 amide bonds. The zero-order chi connectivity index (χ0) is 14.7. The molecule has 0 aliphatic rings. The van der Waals surface area contributed by atoms with E-state index in [1.165, 1.54) is 18.2 Å². The highest BCUT2D eigenvalue weighted by atomic mass is 35.5. The predicted octanol–water partition coefficient (Wildman–Crippen LogP) is 4.97. The maximum atomic E-state index is 14.0. The summed E-state index contributed by atoms with van der Waals surface area (Å²) in [6.45, 7) is 2.40. The van der Waals surface area contributed by atoms with Gasteiger partial charge in [0.1, 0.15) is 11.6 Å². The molecular weight excluding hydrogens is 303 g/mol. The van der Waals surface area contributed by atoms with Crippen LogP contribution in [-0.4, -0.2) is 6.54 Å². The molecule has 0 fully saturated rings. The molecule has 1 unspecified atom stereocenters. The van der Waals surface area contributed by atoms with Crippen LogP contribution < -0.4 is 5.32 Å². The topological polar surface area (TPSA) is 12.0 Å². The molecule has 0 heterocycles. The third kappa shape index (κ3) is 3.11. The quantitative estimate of drug-likeness (QED) is 0.840. The Morgan fingerprint density at radius 1 is 1.10 bits per heavy atom. The van der Waals surface area contributed by atoms with Gasteiger partial charge in [-0.2, -0.15) is 0 Å². The fraction of sp³-hybridized carbons (Fsp3) is 0.200. The standard InChI is InChI=1S/C15H13Cl2F2N/c1-2-20-15(10-7-6-9(16)8-11(10)17)14-12(18)4-3-5-13(14)19/h3-8,15,20H,2H2,1H3. The number of rotatable bonds is 4. The Morgan fingerprint density at radius 3 is 2.30 bits per heavy atom. The van der Waals surface area contributed by atoms with Gasteiger partial charge in [-0.25, -0.2) is 8.78 Å². The highest BCUT2D eigenvalue weighted by Gasteiger charge is 2.23. The number of benzene rings is 2. The largest absolute Gasteiger partial charge is 0.306 e. The summed E-state index contributed by atoms with van der Waals surface area (Å²) in [5, 5.41) is 3.89. The van der Waals surface area contributed by atoms with Crippen LogP contribution in [0.15, 0.2) is 36.4 Å². The first kappa shape index (κ1) is 15.2. The lowest BCUT2D eigenvalue weighted by atomic mass is 9.97. The van der Waals surface area contributed by atoms with Gasteiger partial charge in [0.25, 0.3) is 0 Å². The lowest BCUT2D eigenvalue weighted by molar-refractivity contribution is 0.510. The first-order chi connectivity index (χ1) is 9.54. The molecule has 2 rings (SSSR count). The summed E-state index contributed by atoms with van der Waals surface area (Å²) in [6, 6.07) is 8.00. The Hall–Kier alpha value is -1.16. The molecule has 1 N–H and O–H groups in total. The molecule has 0 saturated heterocycles. The monoisotopic (exact) mass is 315 g/mol. The van der Waals surface area contributed by atoms with Gasteiger partial charge in [0.2, 0.25) is 0 Å². The molecule has 0 aliphatic carbocycles. The van der Waals surface area contributed by atoms with Gasteiger partial charge < -0.3 is 5.32 Å². The normalized spacial score (nSPS) is 12.4. The molecule has 2 aromatic carbocycles. The third-order valence-corrected chi connectivity index (χ3v) is 3.53. The van der Waals surface area contributed by atoms with Crippen molar-refractivity contribution in [3.8, 4) is 0 Å². The smallest absolute Gasteiger partial charge is 0.131 e. The third-order valence-electron chi connectivity index (χ3n) is 2.97. The number of hydrogen-bond donors (Lipinski definition) is 1. The van der Waals surface area contributed by atoms with Gasteiger partial charge in [-0.1, -0.05) is 42.3 Å². The van der Waals surface area contributed by atoms with E-state index < -0.39 is 17.7 Å². The van der Waals surface area contributed by atoms with Gasteiger partial charge in [-0.05, 0) is 36.4 Å². The van der Waals surface area contributed by atoms with Crippen LogP contribution in [0, 0.1) is 11.6 Å². The van der Waals surface area contributed by atoms with Crippen molar-refractivity contribution >= 4 is 23.2 Å². The van der Waals surface area contributed by atoms with Crippen molar-refractivity contribution in [3.63, 3.8) is 0 Å². The van der Waals surface area contributed by atoms with E-state index in [-0.39, 0.29) is 5.56 Å². The van der Waals surface area contributed by atoms with Crippen LogP contribution in [0.5, 0.6) is 0 Å². The van der Waals surface area contributed by atoms with Gasteiger partial charge in [0.05, 0.1) is 6.04 Å². The molecule has 0 aromatic heterocycles. The minimum Gasteiger partial charge on any atom is -0.306 e. The summed E-state index contributed by atoms with van der Waals surface area (Å²) in [5.41, 5.74) is 0.542. The molecule has 0 spiro atoms. The van der Waals surface area contributed by atoms with Crippen molar-refractivity contribution < 1.29 is 8.78 Å². The molecule has 2 aromatic rings. The second-order valence-electron chi connectivity index (χ2n) is 4.29. The van der Waals surface area contributed by atoms with Gasteiger partial charge in [0, 0.05) is 15.6 Å². The van der Waals surface area contributed by atoms with Crippen LogP contribution in [0.25, 0.3) is 0 Å². The minimum absolute atomic E-state index is 0.0430. The van der Waals surface area contributed by atoms with E-state index in [1.807, 2.05) is 6.92 Å². The fourth-order valence-corrected chi connectivity index (χ4v) is 2.61. The zero-order valence-electron chi connectivity index (χ0n) is 10.8. The second-order valence-corrected chi connectivity index (χ2v) is 5.14. The van der Waals surface area contributed by atoms with Crippen LogP contribution in [0.3, 0.4) is 0 Å². The zero-order valence-corrected chi connectivity index (χ0v) is 12.3. The Kier molecular flexibility index (Phi) is 4.97. The van der Waals surface area contributed by atoms with E-state index in [0.717, 1.165) is 0 Å². The van der Waals surface area contributed by atoms with E-state index in [2.05, 4.69) is 5.32 Å².